The maximum Gasteiger partial charge on any atom is 0.346 e. The van der Waals surface area contributed by atoms with Gasteiger partial charge in [-0.2, -0.15) is 0 Å². The number of hydrogen-bond donors (Lipinski definition) is 3. The van der Waals surface area contributed by atoms with E-state index >= 15 is 0 Å². The van der Waals surface area contributed by atoms with Gasteiger partial charge in [0.2, 0.25) is 0 Å². The summed E-state index contributed by atoms with van der Waals surface area (Å²) in [5.41, 5.74) is 0.587. The number of hydrogen-bond acceptors (Lipinski definition) is 2. The number of nitrogens with one attached hydrogen (secondary N) is 1. The lowest BCUT2D eigenvalue weighted by atomic mass is 10.2. The fraction of sp³-hybridized carbons (Fsp3) is 0.143. The third kappa shape index (κ3) is 4.12. The average Bonchev–Trinajstić information content (AvgIpc) is 2.43. The van der Waals surface area contributed by atoms with Crippen molar-refractivity contribution in [1.29, 1.82) is 0 Å². The van der Waals surface area contributed by atoms with Gasteiger partial charge in [0.25, 0.3) is 0 Å². The average molecular weight is 348 g/mol. The maximum atomic E-state index is 13.3. The minimum Gasteiger partial charge on any atom is -0.323 e. The van der Waals surface area contributed by atoms with E-state index in [0.717, 1.165) is 18.2 Å². The molecule has 2 aromatic rings. The van der Waals surface area contributed by atoms with Crippen LogP contribution in [0.4, 0.5) is 8.78 Å². The summed E-state index contributed by atoms with van der Waals surface area (Å²) in [6, 6.07) is 9.50. The predicted molar refractivity (Wildman–Crippen MR) is 79.4 cm³/mol. The molecule has 0 fully saturated rings. The van der Waals surface area contributed by atoms with Gasteiger partial charge in [-0.1, -0.05) is 35.9 Å². The molecule has 0 aliphatic rings. The van der Waals surface area contributed by atoms with E-state index in [9.17, 15) is 23.1 Å². The van der Waals surface area contributed by atoms with Crippen LogP contribution in [0.15, 0.2) is 42.5 Å². The molecule has 2 aromatic carbocycles. The number of halogens is 3. The fourth-order valence-electron chi connectivity index (χ4n) is 1.96. The van der Waals surface area contributed by atoms with E-state index in [4.69, 9.17) is 11.6 Å². The normalized spacial score (nSPS) is 13.1. The zero-order valence-electron chi connectivity index (χ0n) is 11.2. The molecule has 3 N–H and O–H groups in total. The molecule has 0 aliphatic heterocycles. The maximum absolute atomic E-state index is 13.3. The van der Waals surface area contributed by atoms with Crippen LogP contribution in [0, 0.1) is 11.6 Å². The summed E-state index contributed by atoms with van der Waals surface area (Å²) in [7, 11) is -4.63. The van der Waals surface area contributed by atoms with Gasteiger partial charge in [-0.15, -0.1) is 0 Å². The molecule has 8 heteroatoms. The quantitative estimate of drug-likeness (QED) is 0.723. The van der Waals surface area contributed by atoms with Gasteiger partial charge in [-0.05, 0) is 29.3 Å². The highest BCUT2D eigenvalue weighted by Crippen LogP contribution is 2.50. The van der Waals surface area contributed by atoms with Crippen LogP contribution in [-0.2, 0) is 11.1 Å². The van der Waals surface area contributed by atoms with Gasteiger partial charge in [-0.3, -0.25) is 9.88 Å². The van der Waals surface area contributed by atoms with E-state index in [1.54, 1.807) is 24.3 Å². The van der Waals surface area contributed by atoms with Crippen LogP contribution in [0.3, 0.4) is 0 Å². The first-order chi connectivity index (χ1) is 10.3. The molecule has 0 amide bonds. The third-order valence-corrected chi connectivity index (χ3v) is 4.56. The molecular weight excluding hydrogens is 335 g/mol. The molecule has 22 heavy (non-hydrogen) atoms. The summed E-state index contributed by atoms with van der Waals surface area (Å²) in [5.74, 6) is -3.71. The summed E-state index contributed by atoms with van der Waals surface area (Å²) >= 11 is 5.97. The Morgan fingerprint density at radius 1 is 1.14 bits per heavy atom. The van der Waals surface area contributed by atoms with Crippen molar-refractivity contribution in [2.45, 2.75) is 12.3 Å². The molecular formula is C14H13ClF2NO3P. The number of rotatable bonds is 5. The van der Waals surface area contributed by atoms with Gasteiger partial charge in [0.1, 0.15) is 5.78 Å². The van der Waals surface area contributed by atoms with Crippen LogP contribution in [0.5, 0.6) is 0 Å². The van der Waals surface area contributed by atoms with Crippen molar-refractivity contribution < 1.29 is 23.1 Å². The molecule has 0 saturated carbocycles. The van der Waals surface area contributed by atoms with Gasteiger partial charge in [0.05, 0.1) is 0 Å². The Morgan fingerprint density at radius 3 is 2.41 bits per heavy atom. The number of benzene rings is 2. The first kappa shape index (κ1) is 17.1. The Labute approximate surface area is 130 Å². The second kappa shape index (κ2) is 6.86. The molecule has 1 atom stereocenters. The van der Waals surface area contributed by atoms with Crippen LogP contribution in [0.2, 0.25) is 5.02 Å². The van der Waals surface area contributed by atoms with Gasteiger partial charge in [0.15, 0.2) is 11.6 Å². The topological polar surface area (TPSA) is 69.6 Å². The molecule has 0 spiro atoms. The van der Waals surface area contributed by atoms with Gasteiger partial charge < -0.3 is 9.79 Å². The molecule has 0 unspecified atom stereocenters. The Balaban J connectivity index is 2.26. The summed E-state index contributed by atoms with van der Waals surface area (Å²) in [6.45, 7) is 0.0639. The first-order valence-corrected chi connectivity index (χ1v) is 8.32. The second-order valence-electron chi connectivity index (χ2n) is 4.64. The van der Waals surface area contributed by atoms with E-state index in [2.05, 4.69) is 5.32 Å². The molecule has 0 aromatic heterocycles. The van der Waals surface area contributed by atoms with Crippen molar-refractivity contribution in [3.05, 3.63) is 70.2 Å². The summed E-state index contributed by atoms with van der Waals surface area (Å²) in [4.78, 5) is 18.9. The molecule has 2 rings (SSSR count). The Bertz CT molecular complexity index is 723. The molecule has 4 nitrogen and oxygen atoms in total. The standard InChI is InChI=1S/C14H13ClF2NO3P/c15-11-4-2-1-3-10(11)8-18-14(22(19,20)21)9-5-6-12(16)13(17)7-9/h1-7,14,18H,8H2,(H2,19,20,21)/t14-/m1/s1. The minimum absolute atomic E-state index is 0.0423. The summed E-state index contributed by atoms with van der Waals surface area (Å²) in [6.07, 6.45) is 0. The lowest BCUT2D eigenvalue weighted by Gasteiger charge is -2.21. The zero-order valence-corrected chi connectivity index (χ0v) is 12.9. The molecule has 118 valence electrons. The van der Waals surface area contributed by atoms with Crippen molar-refractivity contribution in [2.75, 3.05) is 0 Å². The lowest BCUT2D eigenvalue weighted by Crippen LogP contribution is -2.21. The van der Waals surface area contributed by atoms with E-state index < -0.39 is 25.0 Å². The molecule has 0 heterocycles. The van der Waals surface area contributed by atoms with Crippen molar-refractivity contribution in [1.82, 2.24) is 5.32 Å². The molecule has 0 bridgehead atoms. The van der Waals surface area contributed by atoms with Crippen molar-refractivity contribution in [3.63, 3.8) is 0 Å². The molecule has 0 radical (unpaired) electrons. The van der Waals surface area contributed by atoms with Crippen molar-refractivity contribution in [2.24, 2.45) is 0 Å². The summed E-state index contributed by atoms with van der Waals surface area (Å²) < 4.78 is 37.9. The largest absolute Gasteiger partial charge is 0.346 e. The predicted octanol–water partition coefficient (Wildman–Crippen LogP) is 3.58. The monoisotopic (exact) mass is 347 g/mol. The minimum atomic E-state index is -4.63. The first-order valence-electron chi connectivity index (χ1n) is 6.26. The molecule has 0 aliphatic carbocycles. The fourth-order valence-corrected chi connectivity index (χ4v) is 3.04. The van der Waals surface area contributed by atoms with Crippen LogP contribution in [0.25, 0.3) is 0 Å². The lowest BCUT2D eigenvalue weighted by molar-refractivity contribution is 0.347. The van der Waals surface area contributed by atoms with Gasteiger partial charge >= 0.3 is 7.60 Å². The van der Waals surface area contributed by atoms with Crippen molar-refractivity contribution in [3.8, 4) is 0 Å². The Hall–Kier alpha value is -1.30. The second-order valence-corrected chi connectivity index (χ2v) is 6.74. The van der Waals surface area contributed by atoms with E-state index in [1.165, 1.54) is 0 Å². The highest BCUT2D eigenvalue weighted by molar-refractivity contribution is 7.52. The van der Waals surface area contributed by atoms with E-state index in [1.807, 2.05) is 0 Å². The van der Waals surface area contributed by atoms with Crippen molar-refractivity contribution >= 4 is 19.2 Å². The van der Waals surface area contributed by atoms with Crippen LogP contribution in [-0.4, -0.2) is 9.79 Å². The van der Waals surface area contributed by atoms with Crippen LogP contribution >= 0.6 is 19.2 Å². The van der Waals surface area contributed by atoms with E-state index in [-0.39, 0.29) is 12.1 Å². The SMILES string of the molecule is O=P(O)(O)[C@@H](NCc1ccccc1Cl)c1ccc(F)c(F)c1. The Kier molecular flexibility index (Phi) is 5.32. The van der Waals surface area contributed by atoms with Gasteiger partial charge in [-0.25, -0.2) is 8.78 Å². The zero-order chi connectivity index (χ0) is 16.3. The van der Waals surface area contributed by atoms with E-state index in [0.29, 0.717) is 10.6 Å². The third-order valence-electron chi connectivity index (χ3n) is 3.04. The van der Waals surface area contributed by atoms with Crippen LogP contribution in [0.1, 0.15) is 16.9 Å². The smallest absolute Gasteiger partial charge is 0.323 e. The molecule has 0 saturated heterocycles. The summed E-state index contributed by atoms with van der Waals surface area (Å²) in [5, 5.41) is 3.08. The van der Waals surface area contributed by atoms with Crippen LogP contribution < -0.4 is 5.32 Å². The highest BCUT2D eigenvalue weighted by atomic mass is 35.5. The van der Waals surface area contributed by atoms with Gasteiger partial charge in [0, 0.05) is 11.6 Å². The highest BCUT2D eigenvalue weighted by Gasteiger charge is 2.30. The Morgan fingerprint density at radius 2 is 1.82 bits per heavy atom.